The van der Waals surface area contributed by atoms with Crippen LogP contribution < -0.4 is 0 Å². The van der Waals surface area contributed by atoms with Crippen molar-refractivity contribution in [1.29, 1.82) is 0 Å². The number of aliphatic hydroxyl groups is 1. The molecule has 72 valence electrons. The molecule has 0 spiro atoms. The normalized spacial score (nSPS) is 10.4. The standard InChI is InChI=1S/C7H9BrN2O2S/c1-13-7-9-2-5(8)6(10-7)3-12-4-11/h2,11H,3-4H2,1H3. The van der Waals surface area contributed by atoms with Gasteiger partial charge in [-0.05, 0) is 22.2 Å². The quantitative estimate of drug-likeness (QED) is 0.507. The molecule has 1 aromatic rings. The summed E-state index contributed by atoms with van der Waals surface area (Å²) in [5, 5.41) is 9.15. The van der Waals surface area contributed by atoms with E-state index in [9.17, 15) is 0 Å². The smallest absolute Gasteiger partial charge is 0.187 e. The molecule has 0 aliphatic rings. The molecule has 0 unspecified atom stereocenters. The molecule has 0 radical (unpaired) electrons. The Kier molecular flexibility index (Phi) is 4.65. The second-order valence-electron chi connectivity index (χ2n) is 2.13. The Labute approximate surface area is 88.9 Å². The van der Waals surface area contributed by atoms with Gasteiger partial charge in [-0.25, -0.2) is 9.97 Å². The summed E-state index contributed by atoms with van der Waals surface area (Å²) < 4.78 is 5.62. The van der Waals surface area contributed by atoms with Gasteiger partial charge in [-0.1, -0.05) is 11.8 Å². The van der Waals surface area contributed by atoms with Crippen molar-refractivity contribution >= 4 is 27.7 Å². The first-order valence-electron chi connectivity index (χ1n) is 3.52. The molecule has 0 amide bonds. The van der Waals surface area contributed by atoms with E-state index >= 15 is 0 Å². The monoisotopic (exact) mass is 264 g/mol. The van der Waals surface area contributed by atoms with E-state index in [0.717, 1.165) is 10.2 Å². The van der Waals surface area contributed by atoms with Crippen LogP contribution in [0.2, 0.25) is 0 Å². The fraction of sp³-hybridized carbons (Fsp3) is 0.429. The van der Waals surface area contributed by atoms with E-state index in [1.807, 2.05) is 6.26 Å². The van der Waals surface area contributed by atoms with E-state index in [1.165, 1.54) is 11.8 Å². The van der Waals surface area contributed by atoms with Crippen molar-refractivity contribution in [2.75, 3.05) is 13.0 Å². The first kappa shape index (κ1) is 10.9. The third-order valence-electron chi connectivity index (χ3n) is 1.31. The summed E-state index contributed by atoms with van der Waals surface area (Å²) in [5.74, 6) is 0. The summed E-state index contributed by atoms with van der Waals surface area (Å²) in [4.78, 5) is 8.25. The highest BCUT2D eigenvalue weighted by Gasteiger charge is 2.03. The zero-order valence-corrected chi connectivity index (χ0v) is 9.43. The van der Waals surface area contributed by atoms with Crippen LogP contribution in [0.5, 0.6) is 0 Å². The van der Waals surface area contributed by atoms with Crippen LogP contribution in [0.1, 0.15) is 5.69 Å². The van der Waals surface area contributed by atoms with Crippen molar-refractivity contribution in [3.05, 3.63) is 16.4 Å². The van der Waals surface area contributed by atoms with Crippen LogP contribution in [0.25, 0.3) is 0 Å². The highest BCUT2D eigenvalue weighted by Crippen LogP contribution is 2.17. The maximum atomic E-state index is 8.46. The van der Waals surface area contributed by atoms with Gasteiger partial charge in [0.2, 0.25) is 0 Å². The molecule has 0 saturated heterocycles. The number of halogens is 1. The van der Waals surface area contributed by atoms with E-state index in [0.29, 0.717) is 5.16 Å². The number of hydrogen-bond acceptors (Lipinski definition) is 5. The van der Waals surface area contributed by atoms with Gasteiger partial charge in [0.15, 0.2) is 5.16 Å². The molecule has 0 aromatic carbocycles. The van der Waals surface area contributed by atoms with Crippen molar-refractivity contribution in [2.45, 2.75) is 11.8 Å². The molecule has 0 atom stereocenters. The van der Waals surface area contributed by atoms with E-state index in [1.54, 1.807) is 6.20 Å². The number of ether oxygens (including phenoxy) is 1. The lowest BCUT2D eigenvalue weighted by molar-refractivity contribution is -0.0129. The Hall–Kier alpha value is -0.170. The number of aliphatic hydroxyl groups excluding tert-OH is 1. The van der Waals surface area contributed by atoms with Gasteiger partial charge in [0.05, 0.1) is 16.8 Å². The molecule has 0 bridgehead atoms. The summed E-state index contributed by atoms with van der Waals surface area (Å²) in [6, 6.07) is 0. The fourth-order valence-electron chi connectivity index (χ4n) is 0.726. The predicted octanol–water partition coefficient (Wildman–Crippen LogP) is 1.43. The van der Waals surface area contributed by atoms with Crippen LogP contribution >= 0.6 is 27.7 Å². The molecule has 4 nitrogen and oxygen atoms in total. The van der Waals surface area contributed by atoms with Crippen molar-refractivity contribution < 1.29 is 9.84 Å². The van der Waals surface area contributed by atoms with E-state index < -0.39 is 0 Å². The predicted molar refractivity (Wildman–Crippen MR) is 53.4 cm³/mol. The van der Waals surface area contributed by atoms with Crippen LogP contribution in [-0.2, 0) is 11.3 Å². The summed E-state index contributed by atoms with van der Waals surface area (Å²) in [6.07, 6.45) is 3.58. The highest BCUT2D eigenvalue weighted by atomic mass is 79.9. The lowest BCUT2D eigenvalue weighted by Gasteiger charge is -2.03. The average molecular weight is 265 g/mol. The molecule has 13 heavy (non-hydrogen) atoms. The topological polar surface area (TPSA) is 55.2 Å². The third-order valence-corrected chi connectivity index (χ3v) is 2.53. The molecule has 1 aromatic heterocycles. The minimum absolute atomic E-state index is 0.285. The third kappa shape index (κ3) is 3.22. The van der Waals surface area contributed by atoms with Crippen molar-refractivity contribution in [3.8, 4) is 0 Å². The number of nitrogens with zero attached hydrogens (tertiary/aromatic N) is 2. The molecule has 1 N–H and O–H groups in total. The van der Waals surface area contributed by atoms with Gasteiger partial charge in [-0.15, -0.1) is 0 Å². The largest absolute Gasteiger partial charge is 0.371 e. The molecule has 1 rings (SSSR count). The maximum absolute atomic E-state index is 8.46. The minimum Gasteiger partial charge on any atom is -0.371 e. The second-order valence-corrected chi connectivity index (χ2v) is 3.76. The number of rotatable bonds is 4. The molecule has 1 heterocycles. The first-order chi connectivity index (χ1) is 6.27. The van der Waals surface area contributed by atoms with Gasteiger partial charge < -0.3 is 9.84 Å². The Morgan fingerprint density at radius 3 is 3.08 bits per heavy atom. The molecule has 0 aliphatic heterocycles. The minimum atomic E-state index is -0.301. The molecule has 0 saturated carbocycles. The Morgan fingerprint density at radius 2 is 2.46 bits per heavy atom. The van der Waals surface area contributed by atoms with Gasteiger partial charge in [-0.2, -0.15) is 0 Å². The van der Waals surface area contributed by atoms with Gasteiger partial charge in [0.25, 0.3) is 0 Å². The lowest BCUT2D eigenvalue weighted by Crippen LogP contribution is -2.00. The Bertz CT molecular complexity index is 285. The van der Waals surface area contributed by atoms with E-state index in [2.05, 4.69) is 25.9 Å². The summed E-state index contributed by atoms with van der Waals surface area (Å²) in [7, 11) is 0. The zero-order valence-electron chi connectivity index (χ0n) is 7.03. The first-order valence-corrected chi connectivity index (χ1v) is 5.53. The number of hydrogen-bond donors (Lipinski definition) is 1. The van der Waals surface area contributed by atoms with Crippen LogP contribution in [0.4, 0.5) is 0 Å². The van der Waals surface area contributed by atoms with Crippen molar-refractivity contribution in [2.24, 2.45) is 0 Å². The molecule has 6 heteroatoms. The van der Waals surface area contributed by atoms with Gasteiger partial charge in [0.1, 0.15) is 6.79 Å². The van der Waals surface area contributed by atoms with Crippen molar-refractivity contribution in [3.63, 3.8) is 0 Å². The SMILES string of the molecule is CSc1ncc(Br)c(COCO)n1. The summed E-state index contributed by atoms with van der Waals surface area (Å²) >= 11 is 4.76. The van der Waals surface area contributed by atoms with Crippen LogP contribution in [-0.4, -0.2) is 28.1 Å². The van der Waals surface area contributed by atoms with Crippen LogP contribution in [0.15, 0.2) is 15.8 Å². The zero-order chi connectivity index (χ0) is 9.68. The van der Waals surface area contributed by atoms with E-state index in [-0.39, 0.29) is 13.4 Å². The van der Waals surface area contributed by atoms with Gasteiger partial charge in [-0.3, -0.25) is 0 Å². The molecule has 0 fully saturated rings. The summed E-state index contributed by atoms with van der Waals surface area (Å²) in [6.45, 7) is -0.0157. The lowest BCUT2D eigenvalue weighted by atomic mass is 10.4. The Balaban J connectivity index is 2.78. The molecule has 0 aliphatic carbocycles. The maximum Gasteiger partial charge on any atom is 0.187 e. The highest BCUT2D eigenvalue weighted by molar-refractivity contribution is 9.10. The van der Waals surface area contributed by atoms with E-state index in [4.69, 9.17) is 9.84 Å². The molecular weight excluding hydrogens is 256 g/mol. The number of aromatic nitrogens is 2. The van der Waals surface area contributed by atoms with Crippen LogP contribution in [0.3, 0.4) is 0 Å². The summed E-state index contributed by atoms with van der Waals surface area (Å²) in [5.41, 5.74) is 0.744. The Morgan fingerprint density at radius 1 is 1.69 bits per heavy atom. The second kappa shape index (κ2) is 5.54. The van der Waals surface area contributed by atoms with Gasteiger partial charge in [0, 0.05) is 6.20 Å². The number of thioether (sulfide) groups is 1. The molecular formula is C7H9BrN2O2S. The van der Waals surface area contributed by atoms with Crippen molar-refractivity contribution in [1.82, 2.24) is 9.97 Å². The average Bonchev–Trinajstić information content (AvgIpc) is 2.17. The van der Waals surface area contributed by atoms with Crippen LogP contribution in [0, 0.1) is 0 Å². The fourth-order valence-corrected chi connectivity index (χ4v) is 1.39. The van der Waals surface area contributed by atoms with Gasteiger partial charge >= 0.3 is 0 Å².